The molecule has 0 aromatic carbocycles. The summed E-state index contributed by atoms with van der Waals surface area (Å²) >= 11 is 0.962. The van der Waals surface area contributed by atoms with Crippen LogP contribution >= 0.6 is 11.8 Å². The summed E-state index contributed by atoms with van der Waals surface area (Å²) in [5, 5.41) is 20.7. The number of aromatic nitrogens is 1. The van der Waals surface area contributed by atoms with Gasteiger partial charge >= 0.3 is 6.18 Å². The number of aliphatic hydroxyl groups is 2. The average Bonchev–Trinajstić information content (AvgIpc) is 2.35. The number of aliphatic hydroxyl groups excluding tert-OH is 2. The number of rotatable bonds is 6. The lowest BCUT2D eigenvalue weighted by Gasteiger charge is -2.12. The Labute approximate surface area is 113 Å². The predicted octanol–water partition coefficient (Wildman–Crippen LogP) is 1.98. The van der Waals surface area contributed by atoms with Crippen molar-refractivity contribution >= 4 is 17.6 Å². The lowest BCUT2D eigenvalue weighted by atomic mass is 10.2. The van der Waals surface area contributed by atoms with E-state index in [-0.39, 0.29) is 16.6 Å². The van der Waals surface area contributed by atoms with Crippen molar-refractivity contribution in [1.82, 2.24) is 4.98 Å². The number of halogens is 3. The topological polar surface area (TPSA) is 65.4 Å². The Kier molecular flexibility index (Phi) is 5.89. The van der Waals surface area contributed by atoms with Crippen LogP contribution in [0.15, 0.2) is 17.2 Å². The molecule has 0 aliphatic rings. The minimum Gasteiger partial charge on any atom is -0.394 e. The number of anilines is 1. The second kappa shape index (κ2) is 6.97. The van der Waals surface area contributed by atoms with Gasteiger partial charge in [-0.05, 0) is 19.1 Å². The standard InChI is InChI=1S/C11H15F3N2O2S/c1-2-15-9-3-7(11(12,13)14)4-10(16-9)19-6-8(18)5-17/h3-4,8,17-18H,2,5-6H2,1H3,(H,15,16). The van der Waals surface area contributed by atoms with Gasteiger partial charge in [-0.25, -0.2) is 4.98 Å². The molecule has 8 heteroatoms. The van der Waals surface area contributed by atoms with Gasteiger partial charge in [0.15, 0.2) is 0 Å². The molecule has 1 atom stereocenters. The molecule has 0 saturated heterocycles. The lowest BCUT2D eigenvalue weighted by molar-refractivity contribution is -0.137. The monoisotopic (exact) mass is 296 g/mol. The first-order valence-electron chi connectivity index (χ1n) is 5.61. The molecule has 0 spiro atoms. The number of hydrogen-bond acceptors (Lipinski definition) is 5. The van der Waals surface area contributed by atoms with Crippen LogP contribution in [0, 0.1) is 0 Å². The molecule has 19 heavy (non-hydrogen) atoms. The second-order valence-electron chi connectivity index (χ2n) is 3.75. The average molecular weight is 296 g/mol. The second-order valence-corrected chi connectivity index (χ2v) is 4.80. The minimum atomic E-state index is -4.45. The van der Waals surface area contributed by atoms with Gasteiger partial charge in [0.1, 0.15) is 5.82 Å². The van der Waals surface area contributed by atoms with Gasteiger partial charge < -0.3 is 15.5 Å². The molecule has 0 aliphatic heterocycles. The Morgan fingerprint density at radius 3 is 2.63 bits per heavy atom. The third kappa shape index (κ3) is 5.25. The van der Waals surface area contributed by atoms with Crippen molar-refractivity contribution in [2.45, 2.75) is 24.2 Å². The van der Waals surface area contributed by atoms with Gasteiger partial charge in [-0.2, -0.15) is 13.2 Å². The molecule has 0 saturated carbocycles. The van der Waals surface area contributed by atoms with Crippen molar-refractivity contribution in [3.8, 4) is 0 Å². The summed E-state index contributed by atoms with van der Waals surface area (Å²) in [6.07, 6.45) is -5.43. The van der Waals surface area contributed by atoms with Crippen LogP contribution in [0.4, 0.5) is 19.0 Å². The van der Waals surface area contributed by atoms with E-state index in [4.69, 9.17) is 5.11 Å². The molecule has 1 aromatic heterocycles. The first-order chi connectivity index (χ1) is 8.86. The Morgan fingerprint density at radius 1 is 1.42 bits per heavy atom. The summed E-state index contributed by atoms with van der Waals surface area (Å²) < 4.78 is 38.1. The number of nitrogens with zero attached hydrogens (tertiary/aromatic N) is 1. The van der Waals surface area contributed by atoms with Crippen molar-refractivity contribution in [3.05, 3.63) is 17.7 Å². The third-order valence-corrected chi connectivity index (χ3v) is 3.18. The summed E-state index contributed by atoms with van der Waals surface area (Å²) in [5.74, 6) is 0.217. The van der Waals surface area contributed by atoms with Crippen LogP contribution in [0.2, 0.25) is 0 Å². The first kappa shape index (κ1) is 16.1. The summed E-state index contributed by atoms with van der Waals surface area (Å²) in [6.45, 7) is 1.77. The van der Waals surface area contributed by atoms with Gasteiger partial charge in [0, 0.05) is 12.3 Å². The third-order valence-electron chi connectivity index (χ3n) is 2.12. The molecule has 3 N–H and O–H groups in total. The highest BCUT2D eigenvalue weighted by Gasteiger charge is 2.31. The van der Waals surface area contributed by atoms with Gasteiger partial charge in [-0.3, -0.25) is 0 Å². The van der Waals surface area contributed by atoms with Gasteiger partial charge in [0.2, 0.25) is 0 Å². The zero-order valence-electron chi connectivity index (χ0n) is 10.2. The Balaban J connectivity index is 2.93. The smallest absolute Gasteiger partial charge is 0.394 e. The van der Waals surface area contributed by atoms with Gasteiger partial charge in [-0.15, -0.1) is 11.8 Å². The van der Waals surface area contributed by atoms with Gasteiger partial charge in [0.25, 0.3) is 0 Å². The zero-order chi connectivity index (χ0) is 14.5. The molecule has 0 radical (unpaired) electrons. The van der Waals surface area contributed by atoms with Crippen LogP contribution in [-0.4, -0.2) is 40.2 Å². The maximum atomic E-state index is 12.7. The van der Waals surface area contributed by atoms with Crippen LogP contribution in [0.1, 0.15) is 12.5 Å². The summed E-state index contributed by atoms with van der Waals surface area (Å²) in [4.78, 5) is 4.00. The highest BCUT2D eigenvalue weighted by molar-refractivity contribution is 7.99. The Morgan fingerprint density at radius 2 is 2.11 bits per heavy atom. The van der Waals surface area contributed by atoms with Crippen molar-refractivity contribution in [2.24, 2.45) is 0 Å². The van der Waals surface area contributed by atoms with Crippen molar-refractivity contribution < 1.29 is 23.4 Å². The molecule has 4 nitrogen and oxygen atoms in total. The zero-order valence-corrected chi connectivity index (χ0v) is 11.1. The molecule has 108 valence electrons. The number of alkyl halides is 3. The number of hydrogen-bond donors (Lipinski definition) is 3. The molecule has 1 aromatic rings. The molecule has 0 amide bonds. The van der Waals surface area contributed by atoms with E-state index in [1.54, 1.807) is 6.92 Å². The Bertz CT molecular complexity index is 415. The molecular formula is C11H15F3N2O2S. The fraction of sp³-hybridized carbons (Fsp3) is 0.545. The van der Waals surface area contributed by atoms with Crippen LogP contribution in [0.3, 0.4) is 0 Å². The van der Waals surface area contributed by atoms with Crippen molar-refractivity contribution in [3.63, 3.8) is 0 Å². The molecule has 0 fully saturated rings. The van der Waals surface area contributed by atoms with Crippen LogP contribution in [0.25, 0.3) is 0 Å². The largest absolute Gasteiger partial charge is 0.416 e. The fourth-order valence-electron chi connectivity index (χ4n) is 1.25. The summed E-state index contributed by atoms with van der Waals surface area (Å²) in [5.41, 5.74) is -0.792. The molecule has 0 aliphatic carbocycles. The number of nitrogens with one attached hydrogen (secondary N) is 1. The van der Waals surface area contributed by atoms with E-state index in [0.29, 0.717) is 6.54 Å². The normalized spacial score (nSPS) is 13.4. The van der Waals surface area contributed by atoms with Crippen molar-refractivity contribution in [2.75, 3.05) is 24.2 Å². The van der Waals surface area contributed by atoms with E-state index >= 15 is 0 Å². The van der Waals surface area contributed by atoms with Crippen LogP contribution < -0.4 is 5.32 Å². The Hall–Kier alpha value is -0.990. The van der Waals surface area contributed by atoms with E-state index in [1.165, 1.54) is 0 Å². The van der Waals surface area contributed by atoms with E-state index in [0.717, 1.165) is 23.9 Å². The van der Waals surface area contributed by atoms with E-state index < -0.39 is 24.5 Å². The quantitative estimate of drug-likeness (QED) is 0.701. The van der Waals surface area contributed by atoms with Crippen LogP contribution in [-0.2, 0) is 6.18 Å². The highest BCUT2D eigenvalue weighted by atomic mass is 32.2. The molecule has 1 rings (SSSR count). The number of thioether (sulfide) groups is 1. The van der Waals surface area contributed by atoms with E-state index in [9.17, 15) is 18.3 Å². The maximum Gasteiger partial charge on any atom is 0.416 e. The molecule has 1 unspecified atom stereocenters. The highest BCUT2D eigenvalue weighted by Crippen LogP contribution is 2.33. The SMILES string of the molecule is CCNc1cc(C(F)(F)F)cc(SCC(O)CO)n1. The molecule has 1 heterocycles. The molecule has 0 bridgehead atoms. The predicted molar refractivity (Wildman–Crippen MR) is 67.2 cm³/mol. The molecular weight excluding hydrogens is 281 g/mol. The van der Waals surface area contributed by atoms with Crippen LogP contribution in [0.5, 0.6) is 0 Å². The van der Waals surface area contributed by atoms with Gasteiger partial charge in [0.05, 0.1) is 23.3 Å². The fourth-order valence-corrected chi connectivity index (χ4v) is 2.09. The van der Waals surface area contributed by atoms with Crippen molar-refractivity contribution in [1.29, 1.82) is 0 Å². The number of pyridine rings is 1. The lowest BCUT2D eigenvalue weighted by Crippen LogP contribution is -2.15. The van der Waals surface area contributed by atoms with E-state index in [1.807, 2.05) is 0 Å². The summed E-state index contributed by atoms with van der Waals surface area (Å²) in [6, 6.07) is 1.87. The summed E-state index contributed by atoms with van der Waals surface area (Å²) in [7, 11) is 0. The minimum absolute atomic E-state index is 0.0797. The van der Waals surface area contributed by atoms with E-state index in [2.05, 4.69) is 10.3 Å². The first-order valence-corrected chi connectivity index (χ1v) is 6.60. The maximum absolute atomic E-state index is 12.7. The van der Waals surface area contributed by atoms with Gasteiger partial charge in [-0.1, -0.05) is 0 Å².